The third-order valence-electron chi connectivity index (χ3n) is 2.64. The number of methoxy groups -OCH3 is 1. The lowest BCUT2D eigenvalue weighted by Gasteiger charge is -2.09. The molecule has 0 aromatic heterocycles. The highest BCUT2D eigenvalue weighted by molar-refractivity contribution is 9.10. The van der Waals surface area contributed by atoms with Crippen LogP contribution in [0.2, 0.25) is 5.02 Å². The SMILES string of the molecule is COc1ccc(Cl)cc1C(=O)c1c(F)cc(Br)cc1F. The van der Waals surface area contributed by atoms with Crippen LogP contribution < -0.4 is 4.74 Å². The molecule has 0 N–H and O–H groups in total. The zero-order valence-corrected chi connectivity index (χ0v) is 12.6. The zero-order valence-electron chi connectivity index (χ0n) is 10.2. The maximum absolute atomic E-state index is 13.8. The van der Waals surface area contributed by atoms with Gasteiger partial charge >= 0.3 is 0 Å². The summed E-state index contributed by atoms with van der Waals surface area (Å²) in [5.74, 6) is -2.54. The average molecular weight is 362 g/mol. The van der Waals surface area contributed by atoms with Gasteiger partial charge in [0.2, 0.25) is 5.78 Å². The first-order chi connectivity index (χ1) is 9.43. The van der Waals surface area contributed by atoms with E-state index in [4.69, 9.17) is 16.3 Å². The summed E-state index contributed by atoms with van der Waals surface area (Å²) in [6.45, 7) is 0. The van der Waals surface area contributed by atoms with Crippen LogP contribution in [0.3, 0.4) is 0 Å². The minimum Gasteiger partial charge on any atom is -0.496 e. The highest BCUT2D eigenvalue weighted by Crippen LogP contribution is 2.28. The predicted molar refractivity (Wildman–Crippen MR) is 75.5 cm³/mol. The van der Waals surface area contributed by atoms with E-state index in [1.54, 1.807) is 0 Å². The Hall–Kier alpha value is -1.46. The second-order valence-electron chi connectivity index (χ2n) is 3.92. The molecule has 2 aromatic rings. The largest absolute Gasteiger partial charge is 0.496 e. The van der Waals surface area contributed by atoms with Crippen LogP contribution in [0.4, 0.5) is 8.78 Å². The second kappa shape index (κ2) is 5.89. The molecule has 0 saturated carbocycles. The van der Waals surface area contributed by atoms with Crippen molar-refractivity contribution in [3.63, 3.8) is 0 Å². The third-order valence-corrected chi connectivity index (χ3v) is 3.33. The Bertz CT molecular complexity index is 666. The van der Waals surface area contributed by atoms with Crippen LogP contribution in [0.5, 0.6) is 5.75 Å². The first kappa shape index (κ1) is 14.9. The smallest absolute Gasteiger partial charge is 0.202 e. The third kappa shape index (κ3) is 2.83. The van der Waals surface area contributed by atoms with E-state index in [1.165, 1.54) is 25.3 Å². The van der Waals surface area contributed by atoms with Gasteiger partial charge in [0.15, 0.2) is 0 Å². The Labute approximate surface area is 127 Å². The number of ketones is 1. The van der Waals surface area contributed by atoms with E-state index in [9.17, 15) is 13.6 Å². The van der Waals surface area contributed by atoms with Gasteiger partial charge in [0, 0.05) is 9.50 Å². The lowest BCUT2D eigenvalue weighted by molar-refractivity contribution is 0.102. The number of rotatable bonds is 3. The molecule has 0 radical (unpaired) electrons. The van der Waals surface area contributed by atoms with Gasteiger partial charge in [-0.15, -0.1) is 0 Å². The molecule has 0 aliphatic rings. The number of halogens is 4. The molecule has 0 aliphatic carbocycles. The summed E-state index contributed by atoms with van der Waals surface area (Å²) in [6.07, 6.45) is 0. The standard InChI is InChI=1S/C14H8BrClF2O2/c1-20-12-3-2-8(16)6-9(12)14(19)13-10(17)4-7(15)5-11(13)18/h2-6H,1H3. The molecule has 2 nitrogen and oxygen atoms in total. The molecule has 0 atom stereocenters. The van der Waals surface area contributed by atoms with Gasteiger partial charge in [-0.1, -0.05) is 27.5 Å². The van der Waals surface area contributed by atoms with E-state index in [0.717, 1.165) is 12.1 Å². The monoisotopic (exact) mass is 360 g/mol. The summed E-state index contributed by atoms with van der Waals surface area (Å²) >= 11 is 8.76. The molecule has 0 fully saturated rings. The maximum atomic E-state index is 13.8. The van der Waals surface area contributed by atoms with Crippen molar-refractivity contribution in [2.45, 2.75) is 0 Å². The minimum atomic E-state index is -0.955. The van der Waals surface area contributed by atoms with E-state index >= 15 is 0 Å². The molecule has 0 bridgehead atoms. The highest BCUT2D eigenvalue weighted by Gasteiger charge is 2.23. The molecule has 0 aliphatic heterocycles. The average Bonchev–Trinajstić information content (AvgIpc) is 2.37. The quantitative estimate of drug-likeness (QED) is 0.746. The molecular weight excluding hydrogens is 354 g/mol. The number of carbonyl (C=O) groups is 1. The molecule has 0 heterocycles. The van der Waals surface area contributed by atoms with Gasteiger partial charge in [0.05, 0.1) is 18.2 Å². The first-order valence-corrected chi connectivity index (χ1v) is 6.64. The summed E-state index contributed by atoms with van der Waals surface area (Å²) in [6, 6.07) is 6.33. The van der Waals surface area contributed by atoms with E-state index in [1.807, 2.05) is 0 Å². The Balaban J connectivity index is 2.60. The van der Waals surface area contributed by atoms with Gasteiger partial charge < -0.3 is 4.74 Å². The molecule has 0 saturated heterocycles. The van der Waals surface area contributed by atoms with Gasteiger partial charge in [-0.25, -0.2) is 8.78 Å². The fraction of sp³-hybridized carbons (Fsp3) is 0.0714. The van der Waals surface area contributed by atoms with Crippen molar-refractivity contribution in [3.05, 3.63) is 62.6 Å². The van der Waals surface area contributed by atoms with Gasteiger partial charge in [0.25, 0.3) is 0 Å². The number of hydrogen-bond donors (Lipinski definition) is 0. The highest BCUT2D eigenvalue weighted by atomic mass is 79.9. The van der Waals surface area contributed by atoms with Crippen molar-refractivity contribution in [2.75, 3.05) is 7.11 Å². The van der Waals surface area contributed by atoms with Crippen molar-refractivity contribution >= 4 is 33.3 Å². The fourth-order valence-electron chi connectivity index (χ4n) is 1.75. The van der Waals surface area contributed by atoms with E-state index < -0.39 is 23.0 Å². The van der Waals surface area contributed by atoms with Crippen LogP contribution in [-0.2, 0) is 0 Å². The molecule has 20 heavy (non-hydrogen) atoms. The normalized spacial score (nSPS) is 10.4. The summed E-state index contributed by atoms with van der Waals surface area (Å²) in [4.78, 5) is 12.3. The van der Waals surface area contributed by atoms with Crippen LogP contribution in [0.1, 0.15) is 15.9 Å². The van der Waals surface area contributed by atoms with Crippen molar-refractivity contribution in [1.29, 1.82) is 0 Å². The van der Waals surface area contributed by atoms with Crippen LogP contribution >= 0.6 is 27.5 Å². The minimum absolute atomic E-state index is 0.000113. The van der Waals surface area contributed by atoms with Crippen LogP contribution in [0.25, 0.3) is 0 Å². The topological polar surface area (TPSA) is 26.3 Å². The Morgan fingerprint density at radius 3 is 2.35 bits per heavy atom. The Morgan fingerprint density at radius 2 is 1.80 bits per heavy atom. The first-order valence-electron chi connectivity index (χ1n) is 5.47. The molecule has 2 aromatic carbocycles. The molecule has 0 amide bonds. The van der Waals surface area contributed by atoms with Crippen molar-refractivity contribution in [3.8, 4) is 5.75 Å². The summed E-state index contributed by atoms with van der Waals surface area (Å²) in [5, 5.41) is 0.270. The predicted octanol–water partition coefficient (Wildman–Crippen LogP) is 4.62. The van der Waals surface area contributed by atoms with Crippen molar-refractivity contribution in [1.82, 2.24) is 0 Å². The molecule has 2 rings (SSSR count). The van der Waals surface area contributed by atoms with Crippen molar-refractivity contribution < 1.29 is 18.3 Å². The maximum Gasteiger partial charge on any atom is 0.202 e. The Morgan fingerprint density at radius 1 is 1.20 bits per heavy atom. The van der Waals surface area contributed by atoms with E-state index in [0.29, 0.717) is 0 Å². The van der Waals surface area contributed by atoms with E-state index in [2.05, 4.69) is 15.9 Å². The lowest BCUT2D eigenvalue weighted by Crippen LogP contribution is -2.09. The number of carbonyl (C=O) groups excluding carboxylic acids is 1. The lowest BCUT2D eigenvalue weighted by atomic mass is 10.0. The number of ether oxygens (including phenoxy) is 1. The van der Waals surface area contributed by atoms with Gasteiger partial charge in [-0.3, -0.25) is 4.79 Å². The molecule has 0 unspecified atom stereocenters. The van der Waals surface area contributed by atoms with Gasteiger partial charge in [0.1, 0.15) is 17.4 Å². The second-order valence-corrected chi connectivity index (χ2v) is 5.27. The molecule has 104 valence electrons. The molecule has 0 spiro atoms. The van der Waals surface area contributed by atoms with Crippen LogP contribution in [0.15, 0.2) is 34.8 Å². The fourth-order valence-corrected chi connectivity index (χ4v) is 2.33. The summed E-state index contributed by atoms with van der Waals surface area (Å²) < 4.78 is 32.9. The van der Waals surface area contributed by atoms with Gasteiger partial charge in [-0.2, -0.15) is 0 Å². The summed E-state index contributed by atoms with van der Waals surface area (Å²) in [5.41, 5.74) is -0.645. The van der Waals surface area contributed by atoms with E-state index in [-0.39, 0.29) is 20.8 Å². The number of hydrogen-bond acceptors (Lipinski definition) is 2. The van der Waals surface area contributed by atoms with Crippen LogP contribution in [0, 0.1) is 11.6 Å². The Kier molecular flexibility index (Phi) is 4.40. The van der Waals surface area contributed by atoms with Crippen molar-refractivity contribution in [2.24, 2.45) is 0 Å². The summed E-state index contributed by atoms with van der Waals surface area (Å²) in [7, 11) is 1.36. The zero-order chi connectivity index (χ0) is 14.9. The molecular formula is C14H8BrClF2O2. The van der Waals surface area contributed by atoms with Crippen LogP contribution in [-0.4, -0.2) is 12.9 Å². The number of benzene rings is 2. The van der Waals surface area contributed by atoms with Gasteiger partial charge in [-0.05, 0) is 30.3 Å². The molecule has 6 heteroatoms.